The molecule has 0 aromatic heterocycles. The van der Waals surface area contributed by atoms with Crippen LogP contribution in [-0.2, 0) is 10.1 Å². The van der Waals surface area contributed by atoms with Gasteiger partial charge in [0.2, 0.25) is 0 Å². The maximum atomic E-state index is 10.5. The maximum Gasteiger partial charge on any atom is 1.00 e. The topological polar surface area (TPSA) is 77.4 Å². The van der Waals surface area contributed by atoms with Crippen molar-refractivity contribution in [1.29, 1.82) is 0 Å². The van der Waals surface area contributed by atoms with Gasteiger partial charge >= 0.3 is 29.6 Å². The molecule has 1 aliphatic carbocycles. The van der Waals surface area contributed by atoms with E-state index in [1.54, 1.807) is 0 Å². The minimum atomic E-state index is -4.53. The molecule has 66 valence electrons. The van der Waals surface area contributed by atoms with Crippen LogP contribution < -0.4 is 29.6 Å². The van der Waals surface area contributed by atoms with Gasteiger partial charge in [-0.2, -0.15) is 0 Å². The van der Waals surface area contributed by atoms with Crippen LogP contribution in [0.25, 0.3) is 0 Å². The summed E-state index contributed by atoms with van der Waals surface area (Å²) >= 11 is 0. The summed E-state index contributed by atoms with van der Waals surface area (Å²) < 4.78 is 31.5. The summed E-state index contributed by atoms with van der Waals surface area (Å²) in [5.41, 5.74) is 0. The Bertz CT molecular complexity index is 250. The smallest absolute Gasteiger partial charge is 0.746 e. The van der Waals surface area contributed by atoms with E-state index in [0.717, 1.165) is 0 Å². The van der Waals surface area contributed by atoms with Crippen molar-refractivity contribution >= 4 is 10.1 Å². The Morgan fingerprint density at radius 1 is 1.58 bits per heavy atom. The molecule has 1 fully saturated rings. The van der Waals surface area contributed by atoms with Crippen molar-refractivity contribution in [3.63, 3.8) is 0 Å². The fraction of sp³-hybridized carbons (Fsp3) is 1.00. The molecule has 1 saturated carbocycles. The van der Waals surface area contributed by atoms with E-state index in [4.69, 9.17) is 0 Å². The zero-order valence-electron chi connectivity index (χ0n) is 7.28. The van der Waals surface area contributed by atoms with Gasteiger partial charge in [-0.1, -0.05) is 6.92 Å². The first-order valence-electron chi connectivity index (χ1n) is 3.53. The van der Waals surface area contributed by atoms with Crippen molar-refractivity contribution in [1.82, 2.24) is 0 Å². The second kappa shape index (κ2) is 3.94. The molecule has 0 aliphatic heterocycles. The third kappa shape index (κ3) is 2.43. The van der Waals surface area contributed by atoms with Gasteiger partial charge in [0.1, 0.15) is 10.1 Å². The van der Waals surface area contributed by atoms with Gasteiger partial charge in [-0.3, -0.25) is 0 Å². The van der Waals surface area contributed by atoms with E-state index in [-0.39, 0.29) is 48.3 Å². The molecule has 0 aromatic rings. The molecule has 6 heteroatoms. The van der Waals surface area contributed by atoms with Crippen LogP contribution in [-0.4, -0.2) is 23.0 Å². The first kappa shape index (κ1) is 12.9. The van der Waals surface area contributed by atoms with E-state index in [1.807, 2.05) is 6.92 Å². The third-order valence-corrected chi connectivity index (χ3v) is 3.46. The summed E-state index contributed by atoms with van der Waals surface area (Å²) in [4.78, 5) is -1.98. The molecule has 12 heavy (non-hydrogen) atoms. The summed E-state index contributed by atoms with van der Waals surface area (Å²) in [6.45, 7) is 1.82. The van der Waals surface area contributed by atoms with Crippen LogP contribution in [0, 0.1) is 5.92 Å². The normalized spacial score (nSPS) is 36.1. The van der Waals surface area contributed by atoms with E-state index in [9.17, 15) is 18.1 Å². The molecule has 0 bridgehead atoms. The standard InChI is InChI=1S/C6H12O4S.Na/c1-5-2-3-6(7,4-5)11(8,9)10;/h5,7H,2-4H2,1H3,(H,8,9,10);/q;+1/p-1. The molecule has 0 radical (unpaired) electrons. The Labute approximate surface area is 94.4 Å². The molecule has 1 N–H and O–H groups in total. The molecular weight excluding hydrogens is 191 g/mol. The number of hydrogen-bond acceptors (Lipinski definition) is 4. The Morgan fingerprint density at radius 2 is 2.08 bits per heavy atom. The summed E-state index contributed by atoms with van der Waals surface area (Å²) in [5, 5.41) is 9.30. The zero-order chi connectivity index (χ0) is 8.70. The van der Waals surface area contributed by atoms with Crippen molar-refractivity contribution in [2.24, 2.45) is 5.92 Å². The average molecular weight is 202 g/mol. The van der Waals surface area contributed by atoms with Gasteiger partial charge < -0.3 is 9.66 Å². The predicted molar refractivity (Wildman–Crippen MR) is 37.7 cm³/mol. The monoisotopic (exact) mass is 202 g/mol. The van der Waals surface area contributed by atoms with Crippen LogP contribution in [0.4, 0.5) is 0 Å². The van der Waals surface area contributed by atoms with Crippen LogP contribution in [0.3, 0.4) is 0 Å². The van der Waals surface area contributed by atoms with Gasteiger partial charge in [-0.05, 0) is 25.2 Å². The molecule has 0 spiro atoms. The van der Waals surface area contributed by atoms with Crippen molar-refractivity contribution in [2.45, 2.75) is 31.1 Å². The molecule has 1 rings (SSSR count). The Morgan fingerprint density at radius 3 is 2.25 bits per heavy atom. The van der Waals surface area contributed by atoms with E-state index >= 15 is 0 Å². The summed E-state index contributed by atoms with van der Waals surface area (Å²) in [6, 6.07) is 0. The molecule has 1 aliphatic rings. The van der Waals surface area contributed by atoms with Crippen LogP contribution in [0.2, 0.25) is 0 Å². The van der Waals surface area contributed by atoms with Gasteiger partial charge in [-0.15, -0.1) is 0 Å². The van der Waals surface area contributed by atoms with E-state index in [1.165, 1.54) is 0 Å². The van der Waals surface area contributed by atoms with Crippen molar-refractivity contribution < 1.29 is 47.6 Å². The Hall–Kier alpha value is 0.870. The first-order valence-corrected chi connectivity index (χ1v) is 4.94. The van der Waals surface area contributed by atoms with Gasteiger partial charge in [0.25, 0.3) is 0 Å². The van der Waals surface area contributed by atoms with Gasteiger partial charge in [0.15, 0.2) is 4.93 Å². The first-order chi connectivity index (χ1) is 4.85. The van der Waals surface area contributed by atoms with Crippen molar-refractivity contribution in [3.05, 3.63) is 0 Å². The minimum Gasteiger partial charge on any atom is -0.746 e. The van der Waals surface area contributed by atoms with Crippen LogP contribution in [0.1, 0.15) is 26.2 Å². The van der Waals surface area contributed by atoms with E-state index < -0.39 is 15.1 Å². The number of rotatable bonds is 1. The molecular formula is C6H11NaO4S. The fourth-order valence-corrected chi connectivity index (χ4v) is 2.30. The summed E-state index contributed by atoms with van der Waals surface area (Å²) in [5.74, 6) is 0.128. The maximum absolute atomic E-state index is 10.5. The minimum absolute atomic E-state index is 0. The van der Waals surface area contributed by atoms with Gasteiger partial charge in [0.05, 0.1) is 0 Å². The van der Waals surface area contributed by atoms with Crippen molar-refractivity contribution in [2.75, 3.05) is 0 Å². The molecule has 4 nitrogen and oxygen atoms in total. The van der Waals surface area contributed by atoms with Crippen LogP contribution in [0.15, 0.2) is 0 Å². The quantitative estimate of drug-likeness (QED) is 0.364. The molecule has 0 amide bonds. The second-order valence-electron chi connectivity index (χ2n) is 3.25. The summed E-state index contributed by atoms with van der Waals surface area (Å²) in [7, 11) is -4.53. The molecule has 0 aromatic carbocycles. The third-order valence-electron chi connectivity index (χ3n) is 2.16. The largest absolute Gasteiger partial charge is 1.00 e. The molecule has 0 heterocycles. The van der Waals surface area contributed by atoms with E-state index in [0.29, 0.717) is 6.42 Å². The number of hydrogen-bond donors (Lipinski definition) is 1. The van der Waals surface area contributed by atoms with Gasteiger partial charge in [-0.25, -0.2) is 8.42 Å². The van der Waals surface area contributed by atoms with Crippen molar-refractivity contribution in [3.8, 4) is 0 Å². The summed E-state index contributed by atoms with van der Waals surface area (Å²) in [6.07, 6.45) is 0.775. The molecule has 2 unspecified atom stereocenters. The number of aliphatic hydroxyl groups is 1. The fourth-order valence-electron chi connectivity index (χ4n) is 1.45. The van der Waals surface area contributed by atoms with Gasteiger partial charge in [0, 0.05) is 0 Å². The second-order valence-corrected chi connectivity index (χ2v) is 4.92. The SMILES string of the molecule is CC1CCC(O)(S(=O)(=O)[O-])C1.[Na+]. The van der Waals surface area contributed by atoms with Crippen LogP contribution >= 0.6 is 0 Å². The van der Waals surface area contributed by atoms with Crippen LogP contribution in [0.5, 0.6) is 0 Å². The molecule has 2 atom stereocenters. The zero-order valence-corrected chi connectivity index (χ0v) is 10.1. The average Bonchev–Trinajstić information content (AvgIpc) is 2.10. The predicted octanol–water partition coefficient (Wildman–Crippen LogP) is -2.96. The van der Waals surface area contributed by atoms with E-state index in [2.05, 4.69) is 0 Å². The Balaban J connectivity index is 0.00000121. The Kier molecular flexibility index (Phi) is 4.22. The molecule has 0 saturated heterocycles.